The number of carbonyl (C=O) groups excluding carboxylic acids is 1. The van der Waals surface area contributed by atoms with Crippen LogP contribution in [0.3, 0.4) is 0 Å². The number of aliphatic carboxylic acids is 1. The van der Waals surface area contributed by atoms with E-state index in [2.05, 4.69) is 11.2 Å². The molecule has 4 heteroatoms. The number of hydrogen-bond donors (Lipinski definition) is 2. The third kappa shape index (κ3) is 2.30. The van der Waals surface area contributed by atoms with Gasteiger partial charge in [0.15, 0.2) is 0 Å². The first-order valence-electron chi connectivity index (χ1n) is 7.49. The van der Waals surface area contributed by atoms with Crippen LogP contribution in [-0.4, -0.2) is 23.0 Å². The normalized spacial score (nSPS) is 39.0. The van der Waals surface area contributed by atoms with E-state index < -0.39 is 11.9 Å². The minimum absolute atomic E-state index is 0.0143. The van der Waals surface area contributed by atoms with Crippen LogP contribution >= 0.6 is 0 Å². The second kappa shape index (κ2) is 4.80. The van der Waals surface area contributed by atoms with Gasteiger partial charge in [0.25, 0.3) is 5.91 Å². The fourth-order valence-electron chi connectivity index (χ4n) is 5.40. The number of carboxylic acids is 1. The van der Waals surface area contributed by atoms with E-state index in [4.69, 9.17) is 11.5 Å². The Balaban J connectivity index is 1.84. The standard InChI is InChI=1S/C16H21NO3/c1-2-14(18)17-13(6-15(19)20)16-7-10-3-11(8-16)5-12(4-10)9-16/h1,10-13H,3-9H2,(H,17,18)(H,19,20). The summed E-state index contributed by atoms with van der Waals surface area (Å²) in [5.41, 5.74) is -0.0281. The van der Waals surface area contributed by atoms with Gasteiger partial charge in [0.05, 0.1) is 6.42 Å². The highest BCUT2D eigenvalue weighted by atomic mass is 16.4. The monoisotopic (exact) mass is 275 g/mol. The molecule has 4 aliphatic carbocycles. The molecule has 0 heterocycles. The van der Waals surface area contributed by atoms with Gasteiger partial charge < -0.3 is 10.4 Å². The van der Waals surface area contributed by atoms with Crippen LogP contribution in [-0.2, 0) is 9.59 Å². The van der Waals surface area contributed by atoms with Crippen LogP contribution in [0.1, 0.15) is 44.9 Å². The smallest absolute Gasteiger partial charge is 0.305 e. The summed E-state index contributed by atoms with van der Waals surface area (Å²) < 4.78 is 0. The van der Waals surface area contributed by atoms with Gasteiger partial charge in [-0.1, -0.05) is 0 Å². The van der Waals surface area contributed by atoms with Gasteiger partial charge in [0.1, 0.15) is 0 Å². The van der Waals surface area contributed by atoms with E-state index in [1.807, 2.05) is 0 Å². The van der Waals surface area contributed by atoms with Crippen molar-refractivity contribution in [2.45, 2.75) is 51.0 Å². The summed E-state index contributed by atoms with van der Waals surface area (Å²) in [6.45, 7) is 0. The van der Waals surface area contributed by atoms with Crippen molar-refractivity contribution in [1.29, 1.82) is 0 Å². The predicted octanol–water partition coefficient (Wildman–Crippen LogP) is 1.80. The van der Waals surface area contributed by atoms with Crippen LogP contribution in [0.4, 0.5) is 0 Å². The molecule has 108 valence electrons. The molecule has 1 atom stereocenters. The van der Waals surface area contributed by atoms with Gasteiger partial charge in [-0.2, -0.15) is 0 Å². The second-order valence-electron chi connectivity index (χ2n) is 7.05. The van der Waals surface area contributed by atoms with E-state index in [1.165, 1.54) is 19.3 Å². The molecule has 4 saturated carbocycles. The Morgan fingerprint density at radius 1 is 1.20 bits per heavy atom. The van der Waals surface area contributed by atoms with Gasteiger partial charge in [0, 0.05) is 6.04 Å². The zero-order chi connectivity index (χ0) is 14.3. The zero-order valence-corrected chi connectivity index (χ0v) is 11.6. The van der Waals surface area contributed by atoms with Crippen molar-refractivity contribution in [3.05, 3.63) is 0 Å². The molecule has 1 unspecified atom stereocenters. The molecule has 4 fully saturated rings. The Hall–Kier alpha value is -1.50. The molecular formula is C16H21NO3. The Kier molecular flexibility index (Phi) is 3.24. The Bertz CT molecular complexity index is 441. The topological polar surface area (TPSA) is 66.4 Å². The fourth-order valence-corrected chi connectivity index (χ4v) is 5.40. The lowest BCUT2D eigenvalue weighted by Gasteiger charge is -2.59. The van der Waals surface area contributed by atoms with Crippen molar-refractivity contribution in [2.75, 3.05) is 0 Å². The van der Waals surface area contributed by atoms with Gasteiger partial charge in [0.2, 0.25) is 0 Å². The second-order valence-corrected chi connectivity index (χ2v) is 7.05. The first kappa shape index (κ1) is 13.5. The molecule has 0 saturated heterocycles. The lowest BCUT2D eigenvalue weighted by Crippen LogP contribution is -2.57. The molecule has 0 aromatic rings. The number of nitrogens with one attached hydrogen (secondary N) is 1. The van der Waals surface area contributed by atoms with Gasteiger partial charge in [-0.25, -0.2) is 0 Å². The SMILES string of the molecule is C#CC(=O)NC(CC(=O)O)C12CC3CC(CC(C3)C1)C2. The highest BCUT2D eigenvalue weighted by Crippen LogP contribution is 2.61. The third-order valence-corrected chi connectivity index (χ3v) is 5.64. The molecule has 0 aromatic heterocycles. The van der Waals surface area contributed by atoms with E-state index in [9.17, 15) is 9.59 Å². The van der Waals surface area contributed by atoms with Crippen molar-refractivity contribution < 1.29 is 14.7 Å². The van der Waals surface area contributed by atoms with E-state index in [1.54, 1.807) is 0 Å². The summed E-state index contributed by atoms with van der Waals surface area (Å²) in [5.74, 6) is 2.89. The fraction of sp³-hybridized carbons (Fsp3) is 0.750. The molecule has 2 N–H and O–H groups in total. The molecule has 4 bridgehead atoms. The van der Waals surface area contributed by atoms with Crippen molar-refractivity contribution in [3.63, 3.8) is 0 Å². The van der Waals surface area contributed by atoms with Crippen molar-refractivity contribution >= 4 is 11.9 Å². The molecular weight excluding hydrogens is 254 g/mol. The summed E-state index contributed by atoms with van der Waals surface area (Å²) >= 11 is 0. The van der Waals surface area contributed by atoms with Crippen LogP contribution in [0.15, 0.2) is 0 Å². The number of amides is 1. The maximum Gasteiger partial charge on any atom is 0.305 e. The highest BCUT2D eigenvalue weighted by molar-refractivity contribution is 5.93. The molecule has 0 aliphatic heterocycles. The minimum atomic E-state index is -0.858. The van der Waals surface area contributed by atoms with Crippen LogP contribution in [0.25, 0.3) is 0 Å². The highest BCUT2D eigenvalue weighted by Gasteiger charge is 2.54. The van der Waals surface area contributed by atoms with E-state index in [0.29, 0.717) is 0 Å². The molecule has 0 spiro atoms. The van der Waals surface area contributed by atoms with Crippen molar-refractivity contribution in [2.24, 2.45) is 23.2 Å². The van der Waals surface area contributed by atoms with Crippen LogP contribution in [0, 0.1) is 35.5 Å². The van der Waals surface area contributed by atoms with E-state index in [0.717, 1.165) is 37.0 Å². The summed E-state index contributed by atoms with van der Waals surface area (Å²) in [4.78, 5) is 22.7. The lowest BCUT2D eigenvalue weighted by molar-refractivity contribution is -0.141. The number of hydrogen-bond acceptors (Lipinski definition) is 2. The zero-order valence-electron chi connectivity index (χ0n) is 11.6. The Morgan fingerprint density at radius 3 is 2.10 bits per heavy atom. The van der Waals surface area contributed by atoms with Gasteiger partial charge >= 0.3 is 5.97 Å². The van der Waals surface area contributed by atoms with Crippen LogP contribution in [0.2, 0.25) is 0 Å². The summed E-state index contributed by atoms with van der Waals surface area (Å²) in [6.07, 6.45) is 12.2. The molecule has 1 amide bonds. The largest absolute Gasteiger partial charge is 0.481 e. The maximum atomic E-state index is 11.6. The molecule has 4 rings (SSSR count). The third-order valence-electron chi connectivity index (χ3n) is 5.64. The van der Waals surface area contributed by atoms with Gasteiger partial charge in [-0.05, 0) is 67.6 Å². The van der Waals surface area contributed by atoms with Gasteiger partial charge in [-0.3, -0.25) is 9.59 Å². The van der Waals surface area contributed by atoms with Crippen molar-refractivity contribution in [3.8, 4) is 12.3 Å². The predicted molar refractivity (Wildman–Crippen MR) is 73.6 cm³/mol. The lowest BCUT2D eigenvalue weighted by atomic mass is 9.47. The van der Waals surface area contributed by atoms with Crippen LogP contribution < -0.4 is 5.32 Å². The molecule has 0 radical (unpaired) electrons. The van der Waals surface area contributed by atoms with E-state index in [-0.39, 0.29) is 17.9 Å². The molecule has 20 heavy (non-hydrogen) atoms. The number of carbonyl (C=O) groups is 2. The van der Waals surface area contributed by atoms with Gasteiger partial charge in [-0.15, -0.1) is 6.42 Å². The average molecular weight is 275 g/mol. The Morgan fingerprint density at radius 2 is 1.70 bits per heavy atom. The average Bonchev–Trinajstić information content (AvgIpc) is 2.35. The first-order valence-corrected chi connectivity index (χ1v) is 7.49. The Labute approximate surface area is 119 Å². The quantitative estimate of drug-likeness (QED) is 0.769. The minimum Gasteiger partial charge on any atom is -0.481 e. The number of terminal acetylenes is 1. The van der Waals surface area contributed by atoms with E-state index >= 15 is 0 Å². The molecule has 4 nitrogen and oxygen atoms in total. The summed E-state index contributed by atoms with van der Waals surface area (Å²) in [7, 11) is 0. The molecule has 4 aliphatic rings. The summed E-state index contributed by atoms with van der Waals surface area (Å²) in [5, 5.41) is 12.0. The molecule has 0 aromatic carbocycles. The maximum absolute atomic E-state index is 11.6. The number of rotatable bonds is 4. The number of carboxylic acid groups (broad SMARTS) is 1. The first-order chi connectivity index (χ1) is 9.50. The van der Waals surface area contributed by atoms with Crippen molar-refractivity contribution in [1.82, 2.24) is 5.32 Å². The van der Waals surface area contributed by atoms with Crippen LogP contribution in [0.5, 0.6) is 0 Å². The summed E-state index contributed by atoms with van der Waals surface area (Å²) in [6, 6.07) is -0.308.